The van der Waals surface area contributed by atoms with E-state index in [1.54, 1.807) is 0 Å². The van der Waals surface area contributed by atoms with Crippen LogP contribution in [0, 0.1) is 5.82 Å². The van der Waals surface area contributed by atoms with E-state index in [1.807, 2.05) is 6.92 Å². The summed E-state index contributed by atoms with van der Waals surface area (Å²) < 4.78 is 13.7. The molecule has 0 bridgehead atoms. The molecule has 0 saturated carbocycles. The molecule has 0 unspecified atom stereocenters. The predicted molar refractivity (Wildman–Crippen MR) is 65.4 cm³/mol. The topological polar surface area (TPSA) is 58.0 Å². The van der Waals surface area contributed by atoms with E-state index in [0.717, 1.165) is 25.7 Å². The van der Waals surface area contributed by atoms with Crippen molar-refractivity contribution in [3.8, 4) is 0 Å². The number of halogens is 1. The van der Waals surface area contributed by atoms with Gasteiger partial charge in [0, 0.05) is 13.2 Å². The second kappa shape index (κ2) is 7.95. The molecule has 1 heterocycles. The summed E-state index contributed by atoms with van der Waals surface area (Å²) in [5, 5.41) is 11.6. The number of hydrogen-bond donors (Lipinski definition) is 2. The van der Waals surface area contributed by atoms with Crippen LogP contribution in [0.15, 0.2) is 6.33 Å². The van der Waals surface area contributed by atoms with Crippen LogP contribution in [0.5, 0.6) is 0 Å². The molecule has 4 nitrogen and oxygen atoms in total. The number of aryl methyl sites for hydroxylation is 1. The molecule has 1 aromatic heterocycles. The van der Waals surface area contributed by atoms with Crippen LogP contribution in [-0.2, 0) is 6.42 Å². The van der Waals surface area contributed by atoms with Crippen molar-refractivity contribution in [2.45, 2.75) is 39.0 Å². The lowest BCUT2D eigenvalue weighted by atomic mass is 10.2. The number of nitrogens with one attached hydrogen (secondary N) is 1. The van der Waals surface area contributed by atoms with E-state index in [-0.39, 0.29) is 12.4 Å². The van der Waals surface area contributed by atoms with Gasteiger partial charge < -0.3 is 10.4 Å². The molecule has 0 spiro atoms. The standard InChI is InChI=1S/C12H20FN3O/c1-2-10-11(13)12(16-9-15-10)14-7-5-3-4-6-8-17/h9,17H,2-8H2,1H3,(H,14,15,16). The summed E-state index contributed by atoms with van der Waals surface area (Å²) in [4.78, 5) is 7.76. The predicted octanol–water partition coefficient (Wildman–Crippen LogP) is 2.14. The van der Waals surface area contributed by atoms with Gasteiger partial charge in [0.25, 0.3) is 0 Å². The summed E-state index contributed by atoms with van der Waals surface area (Å²) in [6.07, 6.45) is 5.77. The van der Waals surface area contributed by atoms with Crippen molar-refractivity contribution >= 4 is 5.82 Å². The van der Waals surface area contributed by atoms with Gasteiger partial charge in [0.2, 0.25) is 0 Å². The number of hydrogen-bond acceptors (Lipinski definition) is 4. The highest BCUT2D eigenvalue weighted by Crippen LogP contribution is 2.13. The first-order valence-corrected chi connectivity index (χ1v) is 6.13. The first kappa shape index (κ1) is 13.8. The maximum atomic E-state index is 13.7. The Morgan fingerprint density at radius 2 is 2.00 bits per heavy atom. The number of aliphatic hydroxyl groups excluding tert-OH is 1. The van der Waals surface area contributed by atoms with Crippen LogP contribution in [0.3, 0.4) is 0 Å². The van der Waals surface area contributed by atoms with E-state index < -0.39 is 0 Å². The fourth-order valence-electron chi connectivity index (χ4n) is 1.57. The van der Waals surface area contributed by atoms with Crippen LogP contribution in [0.25, 0.3) is 0 Å². The molecule has 0 atom stereocenters. The number of anilines is 1. The van der Waals surface area contributed by atoms with Crippen LogP contribution in [0.1, 0.15) is 38.3 Å². The molecule has 0 saturated heterocycles. The van der Waals surface area contributed by atoms with Crippen molar-refractivity contribution in [3.63, 3.8) is 0 Å². The van der Waals surface area contributed by atoms with Crippen molar-refractivity contribution in [1.29, 1.82) is 0 Å². The molecular formula is C12H20FN3O. The molecule has 0 amide bonds. The quantitative estimate of drug-likeness (QED) is 0.685. The molecule has 1 rings (SSSR count). The first-order valence-electron chi connectivity index (χ1n) is 6.13. The van der Waals surface area contributed by atoms with Gasteiger partial charge in [0.1, 0.15) is 6.33 Å². The van der Waals surface area contributed by atoms with Gasteiger partial charge in [-0.05, 0) is 19.3 Å². The molecule has 0 fully saturated rings. The molecule has 0 radical (unpaired) electrons. The maximum Gasteiger partial charge on any atom is 0.186 e. The van der Waals surface area contributed by atoms with Crippen molar-refractivity contribution in [1.82, 2.24) is 9.97 Å². The minimum atomic E-state index is -0.342. The largest absolute Gasteiger partial charge is 0.396 e. The van der Waals surface area contributed by atoms with E-state index in [9.17, 15) is 4.39 Å². The van der Waals surface area contributed by atoms with E-state index >= 15 is 0 Å². The number of rotatable bonds is 8. The minimum Gasteiger partial charge on any atom is -0.396 e. The third-order valence-electron chi connectivity index (χ3n) is 2.57. The lowest BCUT2D eigenvalue weighted by Gasteiger charge is -2.07. The smallest absolute Gasteiger partial charge is 0.186 e. The van der Waals surface area contributed by atoms with Gasteiger partial charge in [-0.3, -0.25) is 0 Å². The summed E-state index contributed by atoms with van der Waals surface area (Å²) in [6.45, 7) is 2.81. The Hall–Kier alpha value is -1.23. The number of unbranched alkanes of at least 4 members (excludes halogenated alkanes) is 3. The highest BCUT2D eigenvalue weighted by molar-refractivity contribution is 5.36. The number of aromatic nitrogens is 2. The van der Waals surface area contributed by atoms with E-state index in [1.165, 1.54) is 6.33 Å². The maximum absolute atomic E-state index is 13.7. The molecule has 0 aliphatic rings. The number of nitrogens with zero attached hydrogens (tertiary/aromatic N) is 2. The van der Waals surface area contributed by atoms with Crippen molar-refractivity contribution in [2.24, 2.45) is 0 Å². The summed E-state index contributed by atoms with van der Waals surface area (Å²) >= 11 is 0. The Kier molecular flexibility index (Phi) is 6.47. The van der Waals surface area contributed by atoms with Gasteiger partial charge in [0.15, 0.2) is 11.6 Å². The zero-order valence-corrected chi connectivity index (χ0v) is 10.2. The summed E-state index contributed by atoms with van der Waals surface area (Å²) in [5.41, 5.74) is 0.447. The molecule has 5 heteroatoms. The molecule has 96 valence electrons. The molecular weight excluding hydrogens is 221 g/mol. The van der Waals surface area contributed by atoms with Crippen molar-refractivity contribution < 1.29 is 9.50 Å². The average Bonchev–Trinajstić information content (AvgIpc) is 2.35. The molecule has 2 N–H and O–H groups in total. The number of aliphatic hydroxyl groups is 1. The molecule has 1 aromatic rings. The molecule has 0 aliphatic carbocycles. The van der Waals surface area contributed by atoms with Gasteiger partial charge in [-0.15, -0.1) is 0 Å². The second-order valence-electron chi connectivity index (χ2n) is 3.90. The van der Waals surface area contributed by atoms with Crippen molar-refractivity contribution in [2.75, 3.05) is 18.5 Å². The van der Waals surface area contributed by atoms with Gasteiger partial charge in [-0.25, -0.2) is 14.4 Å². The Bertz CT molecular complexity index is 334. The van der Waals surface area contributed by atoms with Crippen LogP contribution in [0.4, 0.5) is 10.2 Å². The SMILES string of the molecule is CCc1ncnc(NCCCCCCO)c1F. The Morgan fingerprint density at radius 1 is 1.24 bits per heavy atom. The first-order chi connectivity index (χ1) is 8.29. The lowest BCUT2D eigenvalue weighted by Crippen LogP contribution is -2.08. The van der Waals surface area contributed by atoms with E-state index in [2.05, 4.69) is 15.3 Å². The van der Waals surface area contributed by atoms with E-state index in [4.69, 9.17) is 5.11 Å². The average molecular weight is 241 g/mol. The Morgan fingerprint density at radius 3 is 2.71 bits per heavy atom. The zero-order valence-electron chi connectivity index (χ0n) is 10.2. The Labute approximate surface area is 101 Å². The molecule has 0 aliphatic heterocycles. The van der Waals surface area contributed by atoms with Gasteiger partial charge in [0.05, 0.1) is 5.69 Å². The molecule has 0 aromatic carbocycles. The fourth-order valence-corrected chi connectivity index (χ4v) is 1.57. The summed E-state index contributed by atoms with van der Waals surface area (Å²) in [7, 11) is 0. The van der Waals surface area contributed by atoms with E-state index in [0.29, 0.717) is 24.5 Å². The third-order valence-corrected chi connectivity index (χ3v) is 2.57. The van der Waals surface area contributed by atoms with Crippen LogP contribution < -0.4 is 5.32 Å². The fraction of sp³-hybridized carbons (Fsp3) is 0.667. The second-order valence-corrected chi connectivity index (χ2v) is 3.90. The van der Waals surface area contributed by atoms with Crippen LogP contribution in [0.2, 0.25) is 0 Å². The van der Waals surface area contributed by atoms with Crippen molar-refractivity contribution in [3.05, 3.63) is 17.8 Å². The Balaban J connectivity index is 2.31. The minimum absolute atomic E-state index is 0.244. The summed E-state index contributed by atoms with van der Waals surface area (Å²) in [5.74, 6) is -0.0515. The van der Waals surface area contributed by atoms with Gasteiger partial charge in [-0.1, -0.05) is 19.8 Å². The highest BCUT2D eigenvalue weighted by atomic mass is 19.1. The third kappa shape index (κ3) is 4.65. The zero-order chi connectivity index (χ0) is 12.5. The normalized spacial score (nSPS) is 10.5. The monoisotopic (exact) mass is 241 g/mol. The van der Waals surface area contributed by atoms with Gasteiger partial charge in [-0.2, -0.15) is 0 Å². The van der Waals surface area contributed by atoms with Gasteiger partial charge >= 0.3 is 0 Å². The van der Waals surface area contributed by atoms with Crippen LogP contribution in [-0.4, -0.2) is 28.2 Å². The molecule has 17 heavy (non-hydrogen) atoms. The lowest BCUT2D eigenvalue weighted by molar-refractivity contribution is 0.283. The summed E-state index contributed by atoms with van der Waals surface area (Å²) in [6, 6.07) is 0. The highest BCUT2D eigenvalue weighted by Gasteiger charge is 2.08. The van der Waals surface area contributed by atoms with Crippen LogP contribution >= 0.6 is 0 Å².